The molecule has 0 atom stereocenters. The monoisotopic (exact) mass is 263 g/mol. The minimum atomic E-state index is -0.0898. The zero-order chi connectivity index (χ0) is 13.5. The molecule has 0 aliphatic heterocycles. The van der Waals surface area contributed by atoms with Gasteiger partial charge in [0.1, 0.15) is 17.4 Å². The van der Waals surface area contributed by atoms with Crippen LogP contribution >= 0.6 is 0 Å². The number of aromatic nitrogens is 1. The summed E-state index contributed by atoms with van der Waals surface area (Å²) in [6, 6.07) is 10.7. The van der Waals surface area contributed by atoms with Crippen LogP contribution in [0.2, 0.25) is 0 Å². The molecule has 0 unspecified atom stereocenters. The SMILES string of the molecule is O=c1c(-c2nccc3occc23)coc2ccccc12. The normalized spacial score (nSPS) is 11.2. The fourth-order valence-electron chi connectivity index (χ4n) is 2.35. The lowest BCUT2D eigenvalue weighted by Gasteiger charge is -2.02. The molecule has 0 bridgehead atoms. The van der Waals surface area contributed by atoms with E-state index in [1.165, 1.54) is 6.26 Å². The lowest BCUT2D eigenvalue weighted by Crippen LogP contribution is -2.05. The number of fused-ring (bicyclic) bond motifs is 2. The maximum atomic E-state index is 12.6. The number of para-hydroxylation sites is 1. The van der Waals surface area contributed by atoms with E-state index in [9.17, 15) is 4.79 Å². The van der Waals surface area contributed by atoms with Gasteiger partial charge in [0.2, 0.25) is 5.43 Å². The van der Waals surface area contributed by atoms with Gasteiger partial charge in [-0.2, -0.15) is 0 Å². The molecule has 4 heteroatoms. The molecule has 0 aliphatic carbocycles. The average Bonchev–Trinajstić information content (AvgIpc) is 2.97. The van der Waals surface area contributed by atoms with Crippen molar-refractivity contribution in [3.8, 4) is 11.3 Å². The summed E-state index contributed by atoms with van der Waals surface area (Å²) < 4.78 is 10.9. The largest absolute Gasteiger partial charge is 0.464 e. The third-order valence-corrected chi connectivity index (χ3v) is 3.32. The van der Waals surface area contributed by atoms with Crippen LogP contribution in [0.5, 0.6) is 0 Å². The van der Waals surface area contributed by atoms with E-state index in [0.29, 0.717) is 27.8 Å². The summed E-state index contributed by atoms with van der Waals surface area (Å²) >= 11 is 0. The Morgan fingerprint density at radius 2 is 1.75 bits per heavy atom. The van der Waals surface area contributed by atoms with E-state index in [1.807, 2.05) is 12.1 Å². The van der Waals surface area contributed by atoms with Gasteiger partial charge in [-0.25, -0.2) is 0 Å². The standard InChI is InChI=1S/C16H9NO3/c18-16-11-3-1-2-4-13(11)20-9-12(16)15-10-6-8-19-14(10)5-7-17-15/h1-9H. The van der Waals surface area contributed by atoms with Gasteiger partial charge in [0.05, 0.1) is 22.9 Å². The summed E-state index contributed by atoms with van der Waals surface area (Å²) in [5, 5.41) is 1.35. The van der Waals surface area contributed by atoms with Crippen LogP contribution in [0.1, 0.15) is 0 Å². The van der Waals surface area contributed by atoms with Gasteiger partial charge in [-0.05, 0) is 24.3 Å². The van der Waals surface area contributed by atoms with Gasteiger partial charge in [0.15, 0.2) is 0 Å². The smallest absolute Gasteiger partial charge is 0.202 e. The highest BCUT2D eigenvalue weighted by Crippen LogP contribution is 2.26. The average molecular weight is 263 g/mol. The zero-order valence-electron chi connectivity index (χ0n) is 10.4. The number of nitrogens with zero attached hydrogens (tertiary/aromatic N) is 1. The molecule has 96 valence electrons. The zero-order valence-corrected chi connectivity index (χ0v) is 10.4. The van der Waals surface area contributed by atoms with E-state index in [0.717, 1.165) is 5.39 Å². The van der Waals surface area contributed by atoms with E-state index < -0.39 is 0 Å². The summed E-state index contributed by atoms with van der Waals surface area (Å²) in [5.74, 6) is 0. The summed E-state index contributed by atoms with van der Waals surface area (Å²) in [6.45, 7) is 0. The molecule has 0 radical (unpaired) electrons. The summed E-state index contributed by atoms with van der Waals surface area (Å²) in [7, 11) is 0. The van der Waals surface area contributed by atoms with Gasteiger partial charge in [0, 0.05) is 11.6 Å². The molecule has 3 aromatic heterocycles. The van der Waals surface area contributed by atoms with Crippen LogP contribution in [0.3, 0.4) is 0 Å². The van der Waals surface area contributed by atoms with Crippen LogP contribution < -0.4 is 5.43 Å². The summed E-state index contributed by atoms with van der Waals surface area (Å²) in [6.07, 6.45) is 4.66. The quantitative estimate of drug-likeness (QED) is 0.526. The van der Waals surface area contributed by atoms with E-state index in [-0.39, 0.29) is 5.43 Å². The first-order valence-electron chi connectivity index (χ1n) is 6.18. The highest BCUT2D eigenvalue weighted by molar-refractivity contribution is 5.93. The Morgan fingerprint density at radius 1 is 0.900 bits per heavy atom. The number of hydrogen-bond donors (Lipinski definition) is 0. The molecule has 0 fully saturated rings. The summed E-state index contributed by atoms with van der Waals surface area (Å²) in [5.41, 5.74) is 2.20. The number of rotatable bonds is 1. The van der Waals surface area contributed by atoms with Crippen molar-refractivity contribution in [2.75, 3.05) is 0 Å². The first-order valence-corrected chi connectivity index (χ1v) is 6.18. The number of furan rings is 1. The van der Waals surface area contributed by atoms with Gasteiger partial charge < -0.3 is 8.83 Å². The maximum absolute atomic E-state index is 12.6. The van der Waals surface area contributed by atoms with Gasteiger partial charge >= 0.3 is 0 Å². The van der Waals surface area contributed by atoms with E-state index >= 15 is 0 Å². The molecule has 4 aromatic rings. The van der Waals surface area contributed by atoms with Crippen LogP contribution in [-0.4, -0.2) is 4.98 Å². The fourth-order valence-corrected chi connectivity index (χ4v) is 2.35. The number of hydrogen-bond acceptors (Lipinski definition) is 4. The van der Waals surface area contributed by atoms with Crippen molar-refractivity contribution >= 4 is 21.9 Å². The van der Waals surface area contributed by atoms with Crippen LogP contribution in [0.4, 0.5) is 0 Å². The van der Waals surface area contributed by atoms with Crippen molar-refractivity contribution < 1.29 is 8.83 Å². The van der Waals surface area contributed by atoms with Crippen LogP contribution in [0.25, 0.3) is 33.2 Å². The predicted molar refractivity (Wildman–Crippen MR) is 75.5 cm³/mol. The fraction of sp³-hybridized carbons (Fsp3) is 0. The minimum Gasteiger partial charge on any atom is -0.464 e. The van der Waals surface area contributed by atoms with Crippen molar-refractivity contribution in [3.63, 3.8) is 0 Å². The van der Waals surface area contributed by atoms with Gasteiger partial charge in [0.25, 0.3) is 0 Å². The molecule has 0 spiro atoms. The molecule has 20 heavy (non-hydrogen) atoms. The molecule has 0 aliphatic rings. The van der Waals surface area contributed by atoms with E-state index in [4.69, 9.17) is 8.83 Å². The molecular weight excluding hydrogens is 254 g/mol. The second-order valence-electron chi connectivity index (χ2n) is 4.47. The molecule has 4 rings (SSSR count). The van der Waals surface area contributed by atoms with Crippen molar-refractivity contribution in [2.24, 2.45) is 0 Å². The van der Waals surface area contributed by atoms with E-state index in [1.54, 1.807) is 36.7 Å². The van der Waals surface area contributed by atoms with E-state index in [2.05, 4.69) is 4.98 Å². The summed E-state index contributed by atoms with van der Waals surface area (Å²) in [4.78, 5) is 16.9. The van der Waals surface area contributed by atoms with Crippen molar-refractivity contribution in [1.29, 1.82) is 0 Å². The Labute approximate surface area is 113 Å². The lowest BCUT2D eigenvalue weighted by molar-refractivity contribution is 0.604. The predicted octanol–water partition coefficient (Wildman–Crippen LogP) is 3.60. The third-order valence-electron chi connectivity index (χ3n) is 3.32. The van der Waals surface area contributed by atoms with Crippen molar-refractivity contribution in [1.82, 2.24) is 4.98 Å². The Kier molecular flexibility index (Phi) is 2.23. The molecule has 1 aromatic carbocycles. The van der Waals surface area contributed by atoms with Crippen LogP contribution in [0, 0.1) is 0 Å². The first kappa shape index (κ1) is 11.0. The Hall–Kier alpha value is -2.88. The minimum absolute atomic E-state index is 0.0898. The second kappa shape index (κ2) is 4.06. The highest BCUT2D eigenvalue weighted by Gasteiger charge is 2.13. The lowest BCUT2D eigenvalue weighted by atomic mass is 10.1. The Bertz CT molecular complexity index is 982. The number of pyridine rings is 1. The van der Waals surface area contributed by atoms with Gasteiger partial charge in [-0.3, -0.25) is 9.78 Å². The molecule has 0 saturated heterocycles. The number of benzene rings is 1. The molecule has 0 saturated carbocycles. The van der Waals surface area contributed by atoms with Gasteiger partial charge in [-0.1, -0.05) is 12.1 Å². The topological polar surface area (TPSA) is 56.2 Å². The van der Waals surface area contributed by atoms with Crippen molar-refractivity contribution in [3.05, 3.63) is 65.3 Å². The third kappa shape index (κ3) is 1.48. The van der Waals surface area contributed by atoms with Crippen LogP contribution in [0.15, 0.2) is 68.8 Å². The second-order valence-corrected chi connectivity index (χ2v) is 4.47. The molecule has 0 N–H and O–H groups in total. The van der Waals surface area contributed by atoms with Crippen molar-refractivity contribution in [2.45, 2.75) is 0 Å². The molecule has 3 heterocycles. The highest BCUT2D eigenvalue weighted by atomic mass is 16.3. The first-order chi connectivity index (χ1) is 9.84. The molecule has 0 amide bonds. The van der Waals surface area contributed by atoms with Gasteiger partial charge in [-0.15, -0.1) is 0 Å². The molecular formula is C16H9NO3. The molecule has 4 nitrogen and oxygen atoms in total. The Balaban J connectivity index is 2.10. The van der Waals surface area contributed by atoms with Crippen LogP contribution in [-0.2, 0) is 0 Å². The Morgan fingerprint density at radius 3 is 2.70 bits per heavy atom. The maximum Gasteiger partial charge on any atom is 0.202 e.